The highest BCUT2D eigenvalue weighted by Gasteiger charge is 2.20. The van der Waals surface area contributed by atoms with E-state index in [1.54, 1.807) is 25.1 Å². The molecule has 1 rings (SSSR count). The van der Waals surface area contributed by atoms with Crippen LogP contribution in [0, 0.1) is 25.2 Å². The summed E-state index contributed by atoms with van der Waals surface area (Å²) in [4.78, 5) is 4.13. The van der Waals surface area contributed by atoms with Crippen LogP contribution < -0.4 is 4.72 Å². The molecule has 1 aromatic heterocycles. The van der Waals surface area contributed by atoms with Gasteiger partial charge in [0.1, 0.15) is 0 Å². The lowest BCUT2D eigenvalue weighted by molar-refractivity contribution is 0.597. The SMILES string of the molecule is Cc1ccc(NS(=O)(=O)C(C)C#N)c(C)n1. The lowest BCUT2D eigenvalue weighted by Crippen LogP contribution is -2.24. The summed E-state index contributed by atoms with van der Waals surface area (Å²) >= 11 is 0. The molecule has 1 atom stereocenters. The molecule has 0 radical (unpaired) electrons. The van der Waals surface area contributed by atoms with Gasteiger partial charge in [-0.25, -0.2) is 8.42 Å². The van der Waals surface area contributed by atoms with Gasteiger partial charge in [0.2, 0.25) is 10.0 Å². The maximum Gasteiger partial charge on any atom is 0.248 e. The van der Waals surface area contributed by atoms with Crippen LogP contribution in [0.1, 0.15) is 18.3 Å². The van der Waals surface area contributed by atoms with Crippen LogP contribution in [0.4, 0.5) is 5.69 Å². The summed E-state index contributed by atoms with van der Waals surface area (Å²) in [6, 6.07) is 5.03. The highest BCUT2D eigenvalue weighted by molar-refractivity contribution is 7.93. The topological polar surface area (TPSA) is 82.9 Å². The van der Waals surface area contributed by atoms with Crippen molar-refractivity contribution in [1.82, 2.24) is 4.98 Å². The van der Waals surface area contributed by atoms with Gasteiger partial charge in [-0.05, 0) is 32.9 Å². The third kappa shape index (κ3) is 2.70. The zero-order chi connectivity index (χ0) is 12.3. The first-order valence-corrected chi connectivity index (χ1v) is 6.27. The van der Waals surface area contributed by atoms with Crippen molar-refractivity contribution in [2.45, 2.75) is 26.0 Å². The first kappa shape index (κ1) is 12.5. The van der Waals surface area contributed by atoms with E-state index in [2.05, 4.69) is 9.71 Å². The second kappa shape index (κ2) is 4.49. The van der Waals surface area contributed by atoms with Gasteiger partial charge in [-0.2, -0.15) is 5.26 Å². The Morgan fingerprint density at radius 1 is 1.44 bits per heavy atom. The van der Waals surface area contributed by atoms with Gasteiger partial charge >= 0.3 is 0 Å². The van der Waals surface area contributed by atoms with Gasteiger partial charge in [0.05, 0.1) is 17.5 Å². The maximum atomic E-state index is 11.6. The van der Waals surface area contributed by atoms with Gasteiger partial charge in [-0.3, -0.25) is 9.71 Å². The van der Waals surface area contributed by atoms with Crippen LogP contribution in [0.2, 0.25) is 0 Å². The fraction of sp³-hybridized carbons (Fsp3) is 0.400. The number of hydrogen-bond donors (Lipinski definition) is 1. The Morgan fingerprint density at radius 2 is 2.06 bits per heavy atom. The summed E-state index contributed by atoms with van der Waals surface area (Å²) in [6.45, 7) is 4.87. The number of nitrogens with one attached hydrogen (secondary N) is 1. The zero-order valence-corrected chi connectivity index (χ0v) is 10.2. The number of rotatable bonds is 3. The molecule has 1 unspecified atom stereocenters. The van der Waals surface area contributed by atoms with Gasteiger partial charge in [-0.15, -0.1) is 0 Å². The van der Waals surface area contributed by atoms with Gasteiger partial charge in [0.25, 0.3) is 0 Å². The van der Waals surface area contributed by atoms with Crippen molar-refractivity contribution in [2.75, 3.05) is 4.72 Å². The molecule has 0 fully saturated rings. The van der Waals surface area contributed by atoms with E-state index in [1.807, 2.05) is 6.92 Å². The van der Waals surface area contributed by atoms with E-state index in [0.717, 1.165) is 5.69 Å². The van der Waals surface area contributed by atoms with Crippen molar-refractivity contribution >= 4 is 15.7 Å². The van der Waals surface area contributed by atoms with Crippen molar-refractivity contribution in [3.63, 3.8) is 0 Å². The quantitative estimate of drug-likeness (QED) is 0.863. The fourth-order valence-electron chi connectivity index (χ4n) is 1.11. The first-order chi connectivity index (χ1) is 7.36. The van der Waals surface area contributed by atoms with Crippen molar-refractivity contribution in [3.8, 4) is 6.07 Å². The maximum absolute atomic E-state index is 11.6. The smallest absolute Gasteiger partial charge is 0.248 e. The number of pyridine rings is 1. The van der Waals surface area contributed by atoms with Gasteiger partial charge in [0, 0.05) is 5.69 Å². The van der Waals surface area contributed by atoms with E-state index in [4.69, 9.17) is 5.26 Å². The number of nitrogens with zero attached hydrogens (tertiary/aromatic N) is 2. The molecular formula is C10H13N3O2S. The third-order valence-corrected chi connectivity index (χ3v) is 3.67. The van der Waals surface area contributed by atoms with Crippen LogP contribution in [0.5, 0.6) is 0 Å². The Morgan fingerprint density at radius 3 is 2.56 bits per heavy atom. The van der Waals surface area contributed by atoms with Crippen LogP contribution in [0.15, 0.2) is 12.1 Å². The number of sulfonamides is 1. The van der Waals surface area contributed by atoms with Crippen LogP contribution in [0.25, 0.3) is 0 Å². The Hall–Kier alpha value is -1.61. The van der Waals surface area contributed by atoms with Gasteiger partial charge in [-0.1, -0.05) is 0 Å². The molecule has 0 bridgehead atoms. The molecule has 0 aliphatic heterocycles. The van der Waals surface area contributed by atoms with E-state index in [-0.39, 0.29) is 0 Å². The third-order valence-electron chi connectivity index (χ3n) is 2.12. The first-order valence-electron chi connectivity index (χ1n) is 4.72. The Balaban J connectivity index is 3.03. The molecule has 0 aliphatic rings. The van der Waals surface area contributed by atoms with Crippen LogP contribution in [0.3, 0.4) is 0 Å². The molecule has 0 amide bonds. The number of anilines is 1. The second-order valence-electron chi connectivity index (χ2n) is 3.50. The van der Waals surface area contributed by atoms with E-state index in [1.165, 1.54) is 6.92 Å². The molecular weight excluding hydrogens is 226 g/mol. The molecule has 1 aromatic rings. The molecule has 0 spiro atoms. The van der Waals surface area contributed by atoms with E-state index >= 15 is 0 Å². The lowest BCUT2D eigenvalue weighted by Gasteiger charge is -2.11. The van der Waals surface area contributed by atoms with Gasteiger partial charge < -0.3 is 0 Å². The predicted octanol–water partition coefficient (Wildman–Crippen LogP) is 1.35. The van der Waals surface area contributed by atoms with Crippen LogP contribution in [-0.4, -0.2) is 18.7 Å². The summed E-state index contributed by atoms with van der Waals surface area (Å²) < 4.78 is 25.6. The van der Waals surface area contributed by atoms with E-state index < -0.39 is 15.3 Å². The number of hydrogen-bond acceptors (Lipinski definition) is 4. The second-order valence-corrected chi connectivity index (χ2v) is 5.51. The molecule has 1 heterocycles. The molecule has 5 nitrogen and oxygen atoms in total. The molecule has 0 saturated carbocycles. The minimum Gasteiger partial charge on any atom is -0.281 e. The van der Waals surface area contributed by atoms with Crippen molar-refractivity contribution in [3.05, 3.63) is 23.5 Å². The molecule has 0 aliphatic carbocycles. The number of aryl methyl sites for hydroxylation is 2. The highest BCUT2D eigenvalue weighted by Crippen LogP contribution is 2.15. The Labute approximate surface area is 95.2 Å². The fourth-order valence-corrected chi connectivity index (χ4v) is 1.94. The predicted molar refractivity (Wildman–Crippen MR) is 61.3 cm³/mol. The van der Waals surface area contributed by atoms with Crippen molar-refractivity contribution in [1.29, 1.82) is 5.26 Å². The number of aromatic nitrogens is 1. The van der Waals surface area contributed by atoms with Crippen LogP contribution >= 0.6 is 0 Å². The highest BCUT2D eigenvalue weighted by atomic mass is 32.2. The minimum atomic E-state index is -3.65. The average molecular weight is 239 g/mol. The Kier molecular flexibility index (Phi) is 3.50. The summed E-state index contributed by atoms with van der Waals surface area (Å²) in [7, 11) is -3.65. The minimum absolute atomic E-state index is 0.410. The Bertz CT molecular complexity index is 531. The van der Waals surface area contributed by atoms with E-state index in [9.17, 15) is 8.42 Å². The standard InChI is InChI=1S/C10H13N3O2S/c1-7-4-5-10(9(3)12-7)13-16(14,15)8(2)6-11/h4-5,8,13H,1-3H3. The molecule has 1 N–H and O–H groups in total. The lowest BCUT2D eigenvalue weighted by atomic mass is 10.3. The summed E-state index contributed by atoms with van der Waals surface area (Å²) in [5.74, 6) is 0. The summed E-state index contributed by atoms with van der Waals surface area (Å²) in [5.41, 5.74) is 1.81. The van der Waals surface area contributed by atoms with Crippen molar-refractivity contribution < 1.29 is 8.42 Å². The number of nitriles is 1. The molecule has 6 heteroatoms. The molecule has 16 heavy (non-hydrogen) atoms. The largest absolute Gasteiger partial charge is 0.281 e. The van der Waals surface area contributed by atoms with Crippen molar-refractivity contribution in [2.24, 2.45) is 0 Å². The summed E-state index contributed by atoms with van der Waals surface area (Å²) in [6.07, 6.45) is 0. The summed E-state index contributed by atoms with van der Waals surface area (Å²) in [5, 5.41) is 7.49. The monoisotopic (exact) mass is 239 g/mol. The van der Waals surface area contributed by atoms with E-state index in [0.29, 0.717) is 11.4 Å². The van der Waals surface area contributed by atoms with Crippen LogP contribution in [-0.2, 0) is 10.0 Å². The molecule has 86 valence electrons. The normalized spacial score (nSPS) is 12.9. The van der Waals surface area contributed by atoms with Gasteiger partial charge in [0.15, 0.2) is 5.25 Å². The molecule has 0 aromatic carbocycles. The zero-order valence-electron chi connectivity index (χ0n) is 9.35. The molecule has 0 saturated heterocycles. The average Bonchev–Trinajstić information content (AvgIpc) is 2.21.